The summed E-state index contributed by atoms with van der Waals surface area (Å²) >= 11 is 10.9. The van der Waals surface area contributed by atoms with Gasteiger partial charge in [-0.2, -0.15) is 5.10 Å². The first-order valence-electron chi connectivity index (χ1n) is 7.27. The predicted molar refractivity (Wildman–Crippen MR) is 103 cm³/mol. The molecule has 0 aliphatic heterocycles. The summed E-state index contributed by atoms with van der Waals surface area (Å²) in [5, 5.41) is 4.05. The van der Waals surface area contributed by atoms with Crippen molar-refractivity contribution in [2.75, 3.05) is 14.2 Å². The third kappa shape index (κ3) is 5.08. The van der Waals surface area contributed by atoms with E-state index >= 15 is 0 Å². The van der Waals surface area contributed by atoms with Crippen molar-refractivity contribution in [2.45, 2.75) is 0 Å². The van der Waals surface area contributed by atoms with Crippen LogP contribution in [0.25, 0.3) is 0 Å². The highest BCUT2D eigenvalue weighted by molar-refractivity contribution is 7.80. The van der Waals surface area contributed by atoms with Gasteiger partial charge in [0, 0.05) is 0 Å². The Morgan fingerprint density at radius 3 is 2.50 bits per heavy atom. The molecule has 0 saturated carbocycles. The van der Waals surface area contributed by atoms with Crippen LogP contribution in [-0.2, 0) is 0 Å². The summed E-state index contributed by atoms with van der Waals surface area (Å²) in [6.07, 6.45) is 1.45. The third-order valence-electron chi connectivity index (χ3n) is 3.16. The van der Waals surface area contributed by atoms with Crippen molar-refractivity contribution >= 4 is 41.1 Å². The van der Waals surface area contributed by atoms with Gasteiger partial charge >= 0.3 is 5.97 Å². The summed E-state index contributed by atoms with van der Waals surface area (Å²) in [6.45, 7) is 0. The van der Waals surface area contributed by atoms with E-state index in [-0.39, 0.29) is 21.6 Å². The average Bonchev–Trinajstić information content (AvgIpc) is 2.63. The summed E-state index contributed by atoms with van der Waals surface area (Å²) in [4.78, 5) is 12.3. The molecule has 26 heavy (non-hydrogen) atoms. The molecule has 2 rings (SSSR count). The van der Waals surface area contributed by atoms with Crippen LogP contribution in [0, 0.1) is 0 Å². The molecule has 0 atom stereocenters. The highest BCUT2D eigenvalue weighted by Gasteiger charge is 2.17. The summed E-state index contributed by atoms with van der Waals surface area (Å²) in [6, 6.07) is 9.65. The molecule has 0 bridgehead atoms. The SMILES string of the molecule is COc1ccc(C(=O)Oc2c(Cl)cc(/C=N/NC(N)=S)cc2OC)cc1. The van der Waals surface area contributed by atoms with Gasteiger partial charge < -0.3 is 19.9 Å². The van der Waals surface area contributed by atoms with Crippen molar-refractivity contribution < 1.29 is 19.0 Å². The summed E-state index contributed by atoms with van der Waals surface area (Å²) in [5.74, 6) is 0.432. The summed E-state index contributed by atoms with van der Waals surface area (Å²) < 4.78 is 15.7. The molecule has 0 unspecified atom stereocenters. The number of ether oxygens (including phenoxy) is 3. The van der Waals surface area contributed by atoms with Crippen molar-refractivity contribution in [1.82, 2.24) is 5.43 Å². The van der Waals surface area contributed by atoms with Crippen molar-refractivity contribution in [3.05, 3.63) is 52.5 Å². The van der Waals surface area contributed by atoms with E-state index in [1.54, 1.807) is 43.5 Å². The van der Waals surface area contributed by atoms with Crippen LogP contribution in [0.15, 0.2) is 41.5 Å². The second kappa shape index (κ2) is 9.02. The van der Waals surface area contributed by atoms with Crippen LogP contribution in [0.3, 0.4) is 0 Å². The van der Waals surface area contributed by atoms with Crippen LogP contribution < -0.4 is 25.4 Å². The minimum Gasteiger partial charge on any atom is -0.497 e. The van der Waals surface area contributed by atoms with E-state index in [4.69, 9.17) is 31.5 Å². The smallest absolute Gasteiger partial charge is 0.343 e. The zero-order valence-electron chi connectivity index (χ0n) is 14.0. The lowest BCUT2D eigenvalue weighted by Gasteiger charge is -2.12. The number of benzene rings is 2. The van der Waals surface area contributed by atoms with Gasteiger partial charge in [-0.3, -0.25) is 5.43 Å². The van der Waals surface area contributed by atoms with Crippen LogP contribution in [0.2, 0.25) is 5.02 Å². The fourth-order valence-electron chi connectivity index (χ4n) is 1.96. The number of halogens is 1. The molecule has 7 nitrogen and oxygen atoms in total. The molecular weight excluding hydrogens is 378 g/mol. The quantitative estimate of drug-likeness (QED) is 0.256. The normalized spacial score (nSPS) is 10.4. The number of nitrogens with two attached hydrogens (primary N) is 1. The molecule has 0 aliphatic carbocycles. The maximum Gasteiger partial charge on any atom is 0.343 e. The number of rotatable bonds is 6. The van der Waals surface area contributed by atoms with Gasteiger partial charge in [0.15, 0.2) is 16.6 Å². The molecule has 0 spiro atoms. The number of nitrogens with zero attached hydrogens (tertiary/aromatic N) is 1. The lowest BCUT2D eigenvalue weighted by molar-refractivity contribution is 0.0730. The standard InChI is InChI=1S/C17H16ClN3O4S/c1-23-12-5-3-11(4-6-12)16(22)25-15-13(18)7-10(8-14(15)24-2)9-20-21-17(19)26/h3-9H,1-2H3,(H3,19,21,26)/b20-9+. The number of hydrogen-bond acceptors (Lipinski definition) is 6. The van der Waals surface area contributed by atoms with E-state index in [2.05, 4.69) is 22.7 Å². The van der Waals surface area contributed by atoms with E-state index in [1.165, 1.54) is 13.3 Å². The molecule has 2 aromatic carbocycles. The van der Waals surface area contributed by atoms with Gasteiger partial charge in [0.25, 0.3) is 0 Å². The fraction of sp³-hybridized carbons (Fsp3) is 0.118. The Kier molecular flexibility index (Phi) is 6.76. The largest absolute Gasteiger partial charge is 0.497 e. The van der Waals surface area contributed by atoms with E-state index in [0.29, 0.717) is 16.9 Å². The molecule has 0 aromatic heterocycles. The van der Waals surface area contributed by atoms with E-state index < -0.39 is 5.97 Å². The van der Waals surface area contributed by atoms with Crippen LogP contribution >= 0.6 is 23.8 Å². The van der Waals surface area contributed by atoms with Gasteiger partial charge in [0.1, 0.15) is 5.75 Å². The number of carbonyl (C=O) groups is 1. The van der Waals surface area contributed by atoms with Gasteiger partial charge in [-0.15, -0.1) is 0 Å². The molecule has 2 aromatic rings. The number of esters is 1. The molecule has 0 amide bonds. The molecule has 9 heteroatoms. The van der Waals surface area contributed by atoms with Crippen LogP contribution in [-0.4, -0.2) is 31.5 Å². The highest BCUT2D eigenvalue weighted by Crippen LogP contribution is 2.36. The van der Waals surface area contributed by atoms with E-state index in [9.17, 15) is 4.79 Å². The van der Waals surface area contributed by atoms with Crippen LogP contribution in [0.4, 0.5) is 0 Å². The van der Waals surface area contributed by atoms with Gasteiger partial charge in [0.2, 0.25) is 0 Å². The van der Waals surface area contributed by atoms with Crippen molar-refractivity contribution in [3.8, 4) is 17.2 Å². The minimum absolute atomic E-state index is 0.0318. The molecule has 136 valence electrons. The monoisotopic (exact) mass is 393 g/mol. The van der Waals surface area contributed by atoms with Gasteiger partial charge in [-0.05, 0) is 54.2 Å². The van der Waals surface area contributed by atoms with Gasteiger partial charge in [-0.1, -0.05) is 11.6 Å². The predicted octanol–water partition coefficient (Wildman–Crippen LogP) is 2.74. The van der Waals surface area contributed by atoms with Crippen LogP contribution in [0.1, 0.15) is 15.9 Å². The van der Waals surface area contributed by atoms with E-state index in [1.807, 2.05) is 0 Å². The highest BCUT2D eigenvalue weighted by atomic mass is 35.5. The van der Waals surface area contributed by atoms with Gasteiger partial charge in [0.05, 0.1) is 31.0 Å². The van der Waals surface area contributed by atoms with Gasteiger partial charge in [-0.25, -0.2) is 4.79 Å². The Balaban J connectivity index is 2.23. The first-order valence-corrected chi connectivity index (χ1v) is 8.05. The van der Waals surface area contributed by atoms with E-state index in [0.717, 1.165) is 0 Å². The second-order valence-electron chi connectivity index (χ2n) is 4.89. The Bertz CT molecular complexity index is 841. The lowest BCUT2D eigenvalue weighted by atomic mass is 10.2. The Labute approximate surface area is 160 Å². The molecule has 0 aliphatic rings. The summed E-state index contributed by atoms with van der Waals surface area (Å²) in [5.41, 5.74) is 8.65. The fourth-order valence-corrected chi connectivity index (χ4v) is 2.27. The maximum absolute atomic E-state index is 12.3. The second-order valence-corrected chi connectivity index (χ2v) is 5.73. The minimum atomic E-state index is -0.579. The maximum atomic E-state index is 12.3. The molecular formula is C17H16ClN3O4S. The first kappa shape index (κ1) is 19.5. The lowest BCUT2D eigenvalue weighted by Crippen LogP contribution is -2.24. The summed E-state index contributed by atoms with van der Waals surface area (Å²) in [7, 11) is 2.98. The van der Waals surface area contributed by atoms with Crippen LogP contribution in [0.5, 0.6) is 17.2 Å². The molecule has 0 heterocycles. The topological polar surface area (TPSA) is 95.2 Å². The average molecular weight is 394 g/mol. The number of methoxy groups -OCH3 is 2. The number of hydrazone groups is 1. The number of nitrogens with one attached hydrogen (secondary N) is 1. The molecule has 0 saturated heterocycles. The molecule has 0 fully saturated rings. The number of thiocarbonyl (C=S) groups is 1. The number of hydrogen-bond donors (Lipinski definition) is 2. The van der Waals surface area contributed by atoms with Crippen molar-refractivity contribution in [3.63, 3.8) is 0 Å². The Hall–Kier alpha value is -2.84. The zero-order chi connectivity index (χ0) is 19.1. The Morgan fingerprint density at radius 1 is 1.23 bits per heavy atom. The van der Waals surface area contributed by atoms with Crippen molar-refractivity contribution in [2.24, 2.45) is 10.8 Å². The zero-order valence-corrected chi connectivity index (χ0v) is 15.6. The first-order chi connectivity index (χ1) is 12.4. The Morgan fingerprint density at radius 2 is 1.92 bits per heavy atom. The van der Waals surface area contributed by atoms with Crippen molar-refractivity contribution in [1.29, 1.82) is 0 Å². The third-order valence-corrected chi connectivity index (χ3v) is 3.53. The molecule has 0 radical (unpaired) electrons. The number of carbonyl (C=O) groups excluding carboxylic acids is 1. The molecule has 3 N–H and O–H groups in total.